The molecule has 4 unspecified atom stereocenters. The number of hydrogen-bond donors (Lipinski definition) is 1. The van der Waals surface area contributed by atoms with Crippen LogP contribution >= 0.6 is 0 Å². The normalized spacial score (nSPS) is 31.3. The van der Waals surface area contributed by atoms with E-state index in [9.17, 15) is 19.5 Å². The van der Waals surface area contributed by atoms with E-state index in [-0.39, 0.29) is 48.8 Å². The van der Waals surface area contributed by atoms with Crippen LogP contribution in [-0.4, -0.2) is 81.7 Å². The molecule has 0 saturated carbocycles. The first-order chi connectivity index (χ1) is 20.5. The number of aliphatic hydroxyl groups excluding tert-OH is 1. The number of carbonyl (C=O) groups is 3. The number of anilines is 1. The molecule has 3 heterocycles. The van der Waals surface area contributed by atoms with Crippen LogP contribution in [-0.2, 0) is 19.1 Å². The van der Waals surface area contributed by atoms with Crippen molar-refractivity contribution in [3.8, 4) is 0 Å². The minimum absolute atomic E-state index is 0.0682. The number of aliphatic hydroxyl groups is 1. The SMILES string of the molecule is C=CCN(C(=O)[C@@H]1[C@H]2C(=O)N([C@@H](CO)[C@@H](C)CC)C(C(=O)N(CC=C)C(C)CCC)C23CC(C)[C@@]1(C)O3)c1ccccc1. The maximum absolute atomic E-state index is 14.8. The highest BCUT2D eigenvalue weighted by atomic mass is 16.5. The minimum atomic E-state index is -1.19. The minimum Gasteiger partial charge on any atom is -0.394 e. The highest BCUT2D eigenvalue weighted by Crippen LogP contribution is 2.66. The van der Waals surface area contributed by atoms with Gasteiger partial charge in [0.1, 0.15) is 11.6 Å². The Kier molecular flexibility index (Phi) is 9.92. The lowest BCUT2D eigenvalue weighted by Gasteiger charge is -2.42. The highest BCUT2D eigenvalue weighted by molar-refractivity contribution is 6.03. The van der Waals surface area contributed by atoms with E-state index >= 15 is 0 Å². The van der Waals surface area contributed by atoms with Gasteiger partial charge in [0.15, 0.2) is 0 Å². The van der Waals surface area contributed by atoms with Gasteiger partial charge in [-0.15, -0.1) is 13.2 Å². The van der Waals surface area contributed by atoms with Crippen molar-refractivity contribution in [3.63, 3.8) is 0 Å². The first kappa shape index (κ1) is 32.9. The number of para-hydroxylation sites is 1. The Morgan fingerprint density at radius 3 is 2.35 bits per heavy atom. The maximum Gasteiger partial charge on any atom is 0.248 e. The van der Waals surface area contributed by atoms with Gasteiger partial charge in [0.25, 0.3) is 0 Å². The van der Waals surface area contributed by atoms with Crippen molar-refractivity contribution in [1.29, 1.82) is 0 Å². The van der Waals surface area contributed by atoms with Gasteiger partial charge in [-0.3, -0.25) is 14.4 Å². The molecule has 1 spiro atoms. The zero-order chi connectivity index (χ0) is 31.7. The van der Waals surface area contributed by atoms with Crippen LogP contribution in [0, 0.1) is 23.7 Å². The van der Waals surface area contributed by atoms with Crippen molar-refractivity contribution in [2.45, 2.75) is 96.6 Å². The monoisotopic (exact) mass is 593 g/mol. The van der Waals surface area contributed by atoms with Gasteiger partial charge >= 0.3 is 0 Å². The van der Waals surface area contributed by atoms with Crippen LogP contribution < -0.4 is 4.90 Å². The zero-order valence-electron chi connectivity index (χ0n) is 26.9. The zero-order valence-corrected chi connectivity index (χ0v) is 26.9. The van der Waals surface area contributed by atoms with E-state index < -0.39 is 35.1 Å². The number of rotatable bonds is 14. The third kappa shape index (κ3) is 5.24. The standard InChI is InChI=1S/C35H51N3O5/c1-9-16-25(7)36(19-10-2)33(42)30-35-21-24(6)34(8,43-35)28(29(35)32(41)38(30)27(22-39)23(5)12-4)31(40)37(20-11-3)26-17-14-13-15-18-26/h10-11,13-15,17-18,23-25,27-30,39H,2-3,9,12,16,19-22H2,1,4-8H3/t23-,24?,25?,27-,28-,29-,30?,34+,35?/m0/s1. The molecular weight excluding hydrogens is 542 g/mol. The van der Waals surface area contributed by atoms with Gasteiger partial charge in [-0.1, -0.05) is 70.9 Å². The van der Waals surface area contributed by atoms with Crippen LogP contribution in [0.2, 0.25) is 0 Å². The molecule has 3 fully saturated rings. The quantitative estimate of drug-likeness (QED) is 0.312. The second-order valence-corrected chi connectivity index (χ2v) is 13.1. The lowest BCUT2D eigenvalue weighted by Crippen LogP contribution is -2.61. The van der Waals surface area contributed by atoms with Crippen molar-refractivity contribution in [1.82, 2.24) is 9.80 Å². The van der Waals surface area contributed by atoms with E-state index in [0.29, 0.717) is 25.1 Å². The lowest BCUT2D eigenvalue weighted by molar-refractivity contribution is -0.158. The summed E-state index contributed by atoms with van der Waals surface area (Å²) >= 11 is 0. The highest BCUT2D eigenvalue weighted by Gasteiger charge is 2.80. The molecule has 236 valence electrons. The van der Waals surface area contributed by atoms with Gasteiger partial charge in [-0.25, -0.2) is 0 Å². The van der Waals surface area contributed by atoms with Gasteiger partial charge in [0.2, 0.25) is 17.7 Å². The summed E-state index contributed by atoms with van der Waals surface area (Å²) in [5, 5.41) is 10.7. The molecule has 3 aliphatic rings. The van der Waals surface area contributed by atoms with Crippen LogP contribution in [0.5, 0.6) is 0 Å². The molecule has 43 heavy (non-hydrogen) atoms. The Hall–Kier alpha value is -2.97. The fourth-order valence-electron chi connectivity index (χ4n) is 8.09. The number of fused-ring (bicyclic) bond motifs is 1. The van der Waals surface area contributed by atoms with E-state index in [1.54, 1.807) is 26.9 Å². The number of ether oxygens (including phenoxy) is 1. The summed E-state index contributed by atoms with van der Waals surface area (Å²) < 4.78 is 7.00. The summed E-state index contributed by atoms with van der Waals surface area (Å²) in [6.45, 7) is 20.2. The Labute approximate surface area is 257 Å². The lowest BCUT2D eigenvalue weighted by atomic mass is 9.62. The number of nitrogens with zero attached hydrogens (tertiary/aromatic N) is 3. The molecule has 2 bridgehead atoms. The van der Waals surface area contributed by atoms with E-state index in [4.69, 9.17) is 4.74 Å². The van der Waals surface area contributed by atoms with E-state index in [2.05, 4.69) is 27.0 Å². The molecule has 1 N–H and O–H groups in total. The number of hydrogen-bond acceptors (Lipinski definition) is 5. The number of likely N-dealkylation sites (tertiary alicyclic amines) is 1. The van der Waals surface area contributed by atoms with E-state index in [1.165, 1.54) is 0 Å². The Morgan fingerprint density at radius 1 is 1.14 bits per heavy atom. The molecule has 1 aromatic carbocycles. The predicted octanol–water partition coefficient (Wildman–Crippen LogP) is 4.83. The molecule has 0 aromatic heterocycles. The van der Waals surface area contributed by atoms with Crippen LogP contribution in [0.15, 0.2) is 55.6 Å². The second kappa shape index (κ2) is 12.9. The van der Waals surface area contributed by atoms with Crippen molar-refractivity contribution >= 4 is 23.4 Å². The van der Waals surface area contributed by atoms with Gasteiger partial charge < -0.3 is 24.5 Å². The summed E-state index contributed by atoms with van der Waals surface area (Å²) in [5.41, 5.74) is -1.42. The second-order valence-electron chi connectivity index (χ2n) is 13.1. The first-order valence-electron chi connectivity index (χ1n) is 16.0. The molecule has 1 aromatic rings. The van der Waals surface area contributed by atoms with Gasteiger partial charge in [-0.05, 0) is 50.7 Å². The number of benzene rings is 1. The number of amides is 3. The van der Waals surface area contributed by atoms with E-state index in [1.807, 2.05) is 58.0 Å². The Morgan fingerprint density at radius 2 is 1.79 bits per heavy atom. The third-order valence-corrected chi connectivity index (χ3v) is 10.6. The summed E-state index contributed by atoms with van der Waals surface area (Å²) in [7, 11) is 0. The summed E-state index contributed by atoms with van der Waals surface area (Å²) in [5.74, 6) is -2.49. The Bertz CT molecular complexity index is 1210. The molecule has 0 aliphatic carbocycles. The maximum atomic E-state index is 14.8. The fraction of sp³-hybridized carbons (Fsp3) is 0.629. The molecule has 3 saturated heterocycles. The van der Waals surface area contributed by atoms with Crippen LogP contribution in [0.1, 0.15) is 67.2 Å². The van der Waals surface area contributed by atoms with Gasteiger partial charge in [0.05, 0.1) is 30.1 Å². The fourth-order valence-corrected chi connectivity index (χ4v) is 8.09. The van der Waals surface area contributed by atoms with Gasteiger partial charge in [-0.2, -0.15) is 0 Å². The topological polar surface area (TPSA) is 90.4 Å². The van der Waals surface area contributed by atoms with Crippen LogP contribution in [0.3, 0.4) is 0 Å². The molecule has 3 amide bonds. The summed E-state index contributed by atoms with van der Waals surface area (Å²) in [6.07, 6.45) is 6.30. The first-order valence-corrected chi connectivity index (χ1v) is 16.0. The van der Waals surface area contributed by atoms with E-state index in [0.717, 1.165) is 12.8 Å². The summed E-state index contributed by atoms with van der Waals surface area (Å²) in [4.78, 5) is 49.4. The predicted molar refractivity (Wildman–Crippen MR) is 169 cm³/mol. The molecule has 8 nitrogen and oxygen atoms in total. The molecule has 8 heteroatoms. The van der Waals surface area contributed by atoms with Gasteiger partial charge in [0, 0.05) is 24.8 Å². The summed E-state index contributed by atoms with van der Waals surface area (Å²) in [6, 6.07) is 7.78. The average molecular weight is 594 g/mol. The van der Waals surface area contributed by atoms with Crippen LogP contribution in [0.4, 0.5) is 5.69 Å². The van der Waals surface area contributed by atoms with Crippen molar-refractivity contribution in [3.05, 3.63) is 55.6 Å². The molecule has 9 atom stereocenters. The molecule has 4 rings (SSSR count). The van der Waals surface area contributed by atoms with Crippen molar-refractivity contribution < 1.29 is 24.2 Å². The molecule has 3 aliphatic heterocycles. The number of carbonyl (C=O) groups excluding carboxylic acids is 3. The van der Waals surface area contributed by atoms with Crippen molar-refractivity contribution in [2.24, 2.45) is 23.7 Å². The molecule has 0 radical (unpaired) electrons. The van der Waals surface area contributed by atoms with Crippen LogP contribution in [0.25, 0.3) is 0 Å². The largest absolute Gasteiger partial charge is 0.394 e. The van der Waals surface area contributed by atoms with Crippen molar-refractivity contribution in [2.75, 3.05) is 24.6 Å². The molecular formula is C35H51N3O5. The smallest absolute Gasteiger partial charge is 0.248 e. The average Bonchev–Trinajstić information content (AvgIpc) is 3.51. The third-order valence-electron chi connectivity index (χ3n) is 10.6. The Balaban J connectivity index is 1.90.